The Kier molecular flexibility index (Phi) is 5.12. The highest BCUT2D eigenvalue weighted by Crippen LogP contribution is 2.63. The molecule has 0 aromatic carbocycles. The Morgan fingerprint density at radius 1 is 1.11 bits per heavy atom. The number of carbonyl (C=O) groups excluding carboxylic acids is 2. The number of carbonyl (C=O) groups is 2. The quantitative estimate of drug-likeness (QED) is 0.558. The number of ether oxygens (including phenoxy) is 2. The lowest BCUT2D eigenvalue weighted by Crippen LogP contribution is -2.49. The summed E-state index contributed by atoms with van der Waals surface area (Å²) < 4.78 is 11.4. The molecule has 4 nitrogen and oxygen atoms in total. The molecule has 0 aromatic heterocycles. The maximum Gasteiger partial charge on any atom is 0.509 e. The van der Waals surface area contributed by atoms with Crippen LogP contribution < -0.4 is 0 Å². The van der Waals surface area contributed by atoms with Crippen LogP contribution in [0.2, 0.25) is 0 Å². The molecule has 0 N–H and O–H groups in total. The van der Waals surface area contributed by atoms with Crippen LogP contribution in [-0.4, -0.2) is 23.6 Å². The molecule has 3 fully saturated rings. The molecule has 0 amide bonds. The van der Waals surface area contributed by atoms with Crippen LogP contribution in [0.5, 0.6) is 0 Å². The van der Waals surface area contributed by atoms with Gasteiger partial charge in [0.05, 0.1) is 0 Å². The van der Waals surface area contributed by atoms with Crippen LogP contribution in [0, 0.1) is 29.1 Å². The van der Waals surface area contributed by atoms with Gasteiger partial charge in [0.1, 0.15) is 11.7 Å². The zero-order valence-corrected chi connectivity index (χ0v) is 18.0. The lowest BCUT2D eigenvalue weighted by atomic mass is 9.51. The summed E-state index contributed by atoms with van der Waals surface area (Å²) in [7, 11) is 0. The highest BCUT2D eigenvalue weighted by molar-refractivity contribution is 5.91. The molecular weight excluding hydrogens is 352 g/mol. The van der Waals surface area contributed by atoms with Crippen molar-refractivity contribution >= 4 is 11.9 Å². The minimum atomic E-state index is -0.517. The van der Waals surface area contributed by atoms with E-state index in [0.29, 0.717) is 17.6 Å². The van der Waals surface area contributed by atoms with Gasteiger partial charge in [0.25, 0.3) is 0 Å². The van der Waals surface area contributed by atoms with E-state index in [2.05, 4.69) is 6.92 Å². The molecule has 156 valence electrons. The van der Waals surface area contributed by atoms with E-state index in [0.717, 1.165) is 56.8 Å². The van der Waals surface area contributed by atoms with E-state index < -0.39 is 11.8 Å². The zero-order valence-electron chi connectivity index (χ0n) is 18.0. The predicted octanol–water partition coefficient (Wildman–Crippen LogP) is 5.84. The Balaban J connectivity index is 1.51. The molecule has 0 saturated heterocycles. The van der Waals surface area contributed by atoms with Crippen LogP contribution in [-0.2, 0) is 14.3 Å². The molecule has 4 heteroatoms. The molecule has 4 aliphatic rings. The summed E-state index contributed by atoms with van der Waals surface area (Å²) in [5.41, 5.74) is 1.03. The van der Waals surface area contributed by atoms with Gasteiger partial charge in [0.15, 0.2) is 5.78 Å². The Labute approximate surface area is 169 Å². The van der Waals surface area contributed by atoms with Gasteiger partial charge < -0.3 is 9.47 Å². The first-order valence-electron chi connectivity index (χ1n) is 11.4. The van der Waals surface area contributed by atoms with Crippen LogP contribution in [0.25, 0.3) is 0 Å². The molecular formula is C24H36O4. The summed E-state index contributed by atoms with van der Waals surface area (Å²) in [5, 5.41) is 0. The Bertz CT molecular complexity index is 673. The van der Waals surface area contributed by atoms with Crippen molar-refractivity contribution in [3.63, 3.8) is 0 Å². The SMILES string of the molecule is CC[C@]12CCC3C4CCC(=O)C=C4CCC3C1CC[C@@H]2OC(=O)OC(C)(C)C. The van der Waals surface area contributed by atoms with Gasteiger partial charge in [-0.3, -0.25) is 4.79 Å². The largest absolute Gasteiger partial charge is 0.509 e. The van der Waals surface area contributed by atoms with Gasteiger partial charge in [0, 0.05) is 11.8 Å². The first-order valence-corrected chi connectivity index (χ1v) is 11.4. The Morgan fingerprint density at radius 3 is 2.61 bits per heavy atom. The summed E-state index contributed by atoms with van der Waals surface area (Å²) in [5.74, 6) is 3.03. The standard InChI is InChI=1S/C24H36O4/c1-5-24-13-12-18-17-9-7-16(25)14-15(17)6-8-19(18)20(24)10-11-21(24)27-22(26)28-23(2,3)4/h14,17-21H,5-13H2,1-4H3/t17?,18?,19?,20?,21-,24-/m0/s1. The maximum absolute atomic E-state index is 12.4. The fraction of sp³-hybridized carbons (Fsp3) is 0.833. The number of hydrogen-bond acceptors (Lipinski definition) is 4. The maximum atomic E-state index is 12.4. The van der Waals surface area contributed by atoms with E-state index >= 15 is 0 Å². The third kappa shape index (κ3) is 3.41. The average molecular weight is 389 g/mol. The van der Waals surface area contributed by atoms with Crippen molar-refractivity contribution in [3.05, 3.63) is 11.6 Å². The molecule has 0 heterocycles. The van der Waals surface area contributed by atoms with Crippen LogP contribution in [0.4, 0.5) is 4.79 Å². The van der Waals surface area contributed by atoms with Crippen molar-refractivity contribution in [2.45, 2.75) is 97.2 Å². The van der Waals surface area contributed by atoms with Gasteiger partial charge in [-0.25, -0.2) is 4.79 Å². The molecule has 4 rings (SSSR count). The second-order valence-electron chi connectivity index (χ2n) is 10.6. The lowest BCUT2D eigenvalue weighted by molar-refractivity contribution is -0.116. The molecule has 4 unspecified atom stereocenters. The van der Waals surface area contributed by atoms with Crippen LogP contribution in [0.15, 0.2) is 11.6 Å². The molecule has 0 bridgehead atoms. The van der Waals surface area contributed by atoms with Crippen molar-refractivity contribution in [2.75, 3.05) is 0 Å². The van der Waals surface area contributed by atoms with Crippen molar-refractivity contribution in [2.24, 2.45) is 29.1 Å². The van der Waals surface area contributed by atoms with Crippen LogP contribution in [0.3, 0.4) is 0 Å². The van der Waals surface area contributed by atoms with Gasteiger partial charge in [0.2, 0.25) is 0 Å². The van der Waals surface area contributed by atoms with Gasteiger partial charge in [-0.1, -0.05) is 12.5 Å². The predicted molar refractivity (Wildman–Crippen MR) is 108 cm³/mol. The van der Waals surface area contributed by atoms with Crippen molar-refractivity contribution < 1.29 is 19.1 Å². The third-order valence-electron chi connectivity index (χ3n) is 8.22. The molecule has 3 saturated carbocycles. The summed E-state index contributed by atoms with van der Waals surface area (Å²) >= 11 is 0. The molecule has 4 aliphatic carbocycles. The second kappa shape index (κ2) is 7.18. The minimum absolute atomic E-state index is 0.0110. The van der Waals surface area contributed by atoms with E-state index in [1.165, 1.54) is 18.4 Å². The summed E-state index contributed by atoms with van der Waals surface area (Å²) in [4.78, 5) is 24.2. The summed E-state index contributed by atoms with van der Waals surface area (Å²) in [6.07, 6.45) is 11.1. The number of fused-ring (bicyclic) bond motifs is 5. The van der Waals surface area contributed by atoms with Crippen LogP contribution >= 0.6 is 0 Å². The average Bonchev–Trinajstić information content (AvgIpc) is 2.98. The van der Waals surface area contributed by atoms with E-state index in [1.54, 1.807) is 0 Å². The lowest BCUT2D eigenvalue weighted by Gasteiger charge is -2.54. The Hall–Kier alpha value is -1.32. The van der Waals surface area contributed by atoms with E-state index in [9.17, 15) is 9.59 Å². The summed E-state index contributed by atoms with van der Waals surface area (Å²) in [6, 6.07) is 0. The van der Waals surface area contributed by atoms with E-state index in [1.807, 2.05) is 26.8 Å². The van der Waals surface area contributed by atoms with Gasteiger partial charge >= 0.3 is 6.16 Å². The molecule has 0 aromatic rings. The van der Waals surface area contributed by atoms with Gasteiger partial charge in [-0.05, 0) is 102 Å². The second-order valence-corrected chi connectivity index (χ2v) is 10.6. The number of allylic oxidation sites excluding steroid dienone is 1. The molecule has 6 atom stereocenters. The van der Waals surface area contributed by atoms with Crippen molar-refractivity contribution in [1.29, 1.82) is 0 Å². The highest BCUT2D eigenvalue weighted by atomic mass is 16.7. The number of hydrogen-bond donors (Lipinski definition) is 0. The monoisotopic (exact) mass is 388 g/mol. The topological polar surface area (TPSA) is 52.6 Å². The summed E-state index contributed by atoms with van der Waals surface area (Å²) in [6.45, 7) is 7.93. The van der Waals surface area contributed by atoms with Crippen molar-refractivity contribution in [1.82, 2.24) is 0 Å². The molecule has 0 radical (unpaired) electrons. The fourth-order valence-corrected chi connectivity index (χ4v) is 7.18. The number of rotatable bonds is 2. The normalized spacial score (nSPS) is 40.1. The highest BCUT2D eigenvalue weighted by Gasteiger charge is 2.59. The molecule has 0 aliphatic heterocycles. The third-order valence-corrected chi connectivity index (χ3v) is 8.22. The fourth-order valence-electron chi connectivity index (χ4n) is 7.18. The number of ketones is 1. The Morgan fingerprint density at radius 2 is 1.89 bits per heavy atom. The molecule has 0 spiro atoms. The zero-order chi connectivity index (χ0) is 20.1. The minimum Gasteiger partial charge on any atom is -0.430 e. The van der Waals surface area contributed by atoms with E-state index in [4.69, 9.17) is 9.47 Å². The van der Waals surface area contributed by atoms with Gasteiger partial charge in [-0.15, -0.1) is 0 Å². The first kappa shape index (κ1) is 20.0. The van der Waals surface area contributed by atoms with Gasteiger partial charge in [-0.2, -0.15) is 0 Å². The molecule has 28 heavy (non-hydrogen) atoms. The smallest absolute Gasteiger partial charge is 0.430 e. The van der Waals surface area contributed by atoms with E-state index in [-0.39, 0.29) is 11.5 Å². The first-order chi connectivity index (χ1) is 13.2. The van der Waals surface area contributed by atoms with Crippen LogP contribution in [0.1, 0.15) is 85.5 Å². The van der Waals surface area contributed by atoms with Crippen molar-refractivity contribution in [3.8, 4) is 0 Å².